The molecule has 0 saturated heterocycles. The van der Waals surface area contributed by atoms with E-state index in [1.807, 2.05) is 31.4 Å². The van der Waals surface area contributed by atoms with Gasteiger partial charge in [0.2, 0.25) is 0 Å². The first-order chi connectivity index (χ1) is 8.65. The second-order valence-corrected chi connectivity index (χ2v) is 4.92. The zero-order chi connectivity index (χ0) is 13.0. The first-order valence-corrected chi connectivity index (χ1v) is 6.35. The number of hydrogen-bond acceptors (Lipinski definition) is 4. The Kier molecular flexibility index (Phi) is 3.84. The molecule has 0 saturated carbocycles. The highest BCUT2D eigenvalue weighted by molar-refractivity contribution is 7.09. The van der Waals surface area contributed by atoms with Crippen LogP contribution in [0.25, 0.3) is 0 Å². The molecule has 0 aliphatic rings. The van der Waals surface area contributed by atoms with E-state index in [4.69, 9.17) is 0 Å². The van der Waals surface area contributed by atoms with Crippen LogP contribution < -0.4 is 5.43 Å². The Labute approximate surface area is 109 Å². The molecule has 1 aromatic heterocycles. The van der Waals surface area contributed by atoms with Crippen LogP contribution in [0.3, 0.4) is 0 Å². The van der Waals surface area contributed by atoms with Crippen LogP contribution in [0.5, 0.6) is 0 Å². The predicted molar refractivity (Wildman–Crippen MR) is 73.1 cm³/mol. The number of hydrogen-bond donors (Lipinski definition) is 1. The predicted octanol–water partition coefficient (Wildman–Crippen LogP) is 2.52. The molecule has 18 heavy (non-hydrogen) atoms. The molecule has 5 heteroatoms. The van der Waals surface area contributed by atoms with Gasteiger partial charge in [0, 0.05) is 10.9 Å². The molecule has 0 spiro atoms. The minimum absolute atomic E-state index is 0.224. The summed E-state index contributed by atoms with van der Waals surface area (Å²) in [5.41, 5.74) is 4.93. The molecule has 2 rings (SSSR count). The van der Waals surface area contributed by atoms with E-state index in [-0.39, 0.29) is 5.91 Å². The maximum atomic E-state index is 11.7. The first-order valence-electron chi connectivity index (χ1n) is 5.47. The van der Waals surface area contributed by atoms with Crippen LogP contribution >= 0.6 is 11.3 Å². The smallest absolute Gasteiger partial charge is 0.267 e. The molecule has 4 nitrogen and oxygen atoms in total. The molecule has 0 aliphatic carbocycles. The lowest BCUT2D eigenvalue weighted by molar-refractivity contribution is 0.0955. The molecule has 0 bridgehead atoms. The van der Waals surface area contributed by atoms with Crippen molar-refractivity contribution in [3.63, 3.8) is 0 Å². The zero-order valence-corrected chi connectivity index (χ0v) is 11.0. The Morgan fingerprint density at radius 2 is 2.06 bits per heavy atom. The van der Waals surface area contributed by atoms with Gasteiger partial charge in [0.1, 0.15) is 0 Å². The number of aryl methyl sites for hydroxylation is 2. The highest BCUT2D eigenvalue weighted by Crippen LogP contribution is 2.05. The van der Waals surface area contributed by atoms with Crippen molar-refractivity contribution in [1.29, 1.82) is 0 Å². The standard InChI is InChI=1S/C13H13N3OS/c1-9-3-5-11(6-4-9)13(17)16-14-7-12-8-18-10(2)15-12/h3-8H,1-2H3,(H,16,17)/b14-7-. The van der Waals surface area contributed by atoms with Gasteiger partial charge in [0.15, 0.2) is 0 Å². The van der Waals surface area contributed by atoms with Crippen LogP contribution in [0.2, 0.25) is 0 Å². The summed E-state index contributed by atoms with van der Waals surface area (Å²) in [5.74, 6) is -0.224. The van der Waals surface area contributed by atoms with Gasteiger partial charge in [-0.1, -0.05) is 17.7 Å². The number of nitrogens with zero attached hydrogens (tertiary/aromatic N) is 2. The monoisotopic (exact) mass is 259 g/mol. The van der Waals surface area contributed by atoms with Gasteiger partial charge in [-0.2, -0.15) is 5.10 Å². The lowest BCUT2D eigenvalue weighted by atomic mass is 10.1. The van der Waals surface area contributed by atoms with E-state index >= 15 is 0 Å². The molecule has 92 valence electrons. The third-order valence-corrected chi connectivity index (χ3v) is 3.11. The number of carbonyl (C=O) groups is 1. The Hall–Kier alpha value is -2.01. The SMILES string of the molecule is Cc1ccc(C(=O)N/N=C\c2csc(C)n2)cc1. The minimum Gasteiger partial charge on any atom is -0.267 e. The van der Waals surface area contributed by atoms with Gasteiger partial charge in [-0.15, -0.1) is 11.3 Å². The topological polar surface area (TPSA) is 54.4 Å². The van der Waals surface area contributed by atoms with Crippen molar-refractivity contribution in [2.24, 2.45) is 5.10 Å². The molecule has 0 aliphatic heterocycles. The van der Waals surface area contributed by atoms with Gasteiger partial charge in [-0.25, -0.2) is 10.4 Å². The van der Waals surface area contributed by atoms with Gasteiger partial charge >= 0.3 is 0 Å². The number of thiazole rings is 1. The van der Waals surface area contributed by atoms with Crippen molar-refractivity contribution in [2.45, 2.75) is 13.8 Å². The lowest BCUT2D eigenvalue weighted by Crippen LogP contribution is -2.17. The second kappa shape index (κ2) is 5.55. The first kappa shape index (κ1) is 12.4. The number of benzene rings is 1. The van der Waals surface area contributed by atoms with E-state index in [0.29, 0.717) is 5.56 Å². The van der Waals surface area contributed by atoms with Crippen LogP contribution in [0, 0.1) is 13.8 Å². The molecular weight excluding hydrogens is 246 g/mol. The Bertz CT molecular complexity index is 572. The summed E-state index contributed by atoms with van der Waals surface area (Å²) in [4.78, 5) is 15.9. The summed E-state index contributed by atoms with van der Waals surface area (Å²) >= 11 is 1.55. The summed E-state index contributed by atoms with van der Waals surface area (Å²) in [6, 6.07) is 7.32. The maximum absolute atomic E-state index is 11.7. The second-order valence-electron chi connectivity index (χ2n) is 3.86. The van der Waals surface area contributed by atoms with Crippen LogP contribution in [0.1, 0.15) is 26.6 Å². The fourth-order valence-electron chi connectivity index (χ4n) is 1.37. The molecule has 2 aromatic rings. The number of amides is 1. The summed E-state index contributed by atoms with van der Waals surface area (Å²) < 4.78 is 0. The van der Waals surface area contributed by atoms with Crippen molar-refractivity contribution >= 4 is 23.5 Å². The number of aromatic nitrogens is 1. The highest BCUT2D eigenvalue weighted by Gasteiger charge is 2.02. The van der Waals surface area contributed by atoms with Crippen LogP contribution in [0.4, 0.5) is 0 Å². The van der Waals surface area contributed by atoms with Crippen molar-refractivity contribution in [3.05, 3.63) is 51.5 Å². The van der Waals surface area contributed by atoms with E-state index in [9.17, 15) is 4.79 Å². The summed E-state index contributed by atoms with van der Waals surface area (Å²) in [6.45, 7) is 3.90. The average Bonchev–Trinajstić information content (AvgIpc) is 2.76. The number of rotatable bonds is 3. The largest absolute Gasteiger partial charge is 0.271 e. The maximum Gasteiger partial charge on any atom is 0.271 e. The quantitative estimate of drug-likeness (QED) is 0.680. The van der Waals surface area contributed by atoms with E-state index in [1.165, 1.54) is 6.21 Å². The van der Waals surface area contributed by atoms with Crippen LogP contribution in [0.15, 0.2) is 34.7 Å². The number of hydrazone groups is 1. The third-order valence-electron chi connectivity index (χ3n) is 2.31. The molecular formula is C13H13N3OS. The molecule has 0 unspecified atom stereocenters. The van der Waals surface area contributed by atoms with Gasteiger partial charge in [-0.05, 0) is 26.0 Å². The molecule has 0 atom stereocenters. The van der Waals surface area contributed by atoms with Gasteiger partial charge in [0.25, 0.3) is 5.91 Å². The van der Waals surface area contributed by atoms with E-state index in [1.54, 1.807) is 23.5 Å². The molecule has 1 aromatic carbocycles. The average molecular weight is 259 g/mol. The fourth-order valence-corrected chi connectivity index (χ4v) is 1.93. The molecule has 1 heterocycles. The Morgan fingerprint density at radius 3 is 2.67 bits per heavy atom. The molecule has 0 fully saturated rings. The van der Waals surface area contributed by atoms with Gasteiger partial charge in [0.05, 0.1) is 16.9 Å². The zero-order valence-electron chi connectivity index (χ0n) is 10.2. The Morgan fingerprint density at radius 1 is 1.33 bits per heavy atom. The fraction of sp³-hybridized carbons (Fsp3) is 0.154. The van der Waals surface area contributed by atoms with Crippen molar-refractivity contribution in [3.8, 4) is 0 Å². The molecule has 1 N–H and O–H groups in total. The van der Waals surface area contributed by atoms with E-state index in [2.05, 4.69) is 15.5 Å². The Balaban J connectivity index is 1.96. The normalized spacial score (nSPS) is 10.8. The van der Waals surface area contributed by atoms with Crippen molar-refractivity contribution < 1.29 is 4.79 Å². The third kappa shape index (κ3) is 3.24. The van der Waals surface area contributed by atoms with Gasteiger partial charge in [-0.3, -0.25) is 4.79 Å². The molecule has 1 amide bonds. The summed E-state index contributed by atoms with van der Waals surface area (Å²) in [7, 11) is 0. The minimum atomic E-state index is -0.224. The molecule has 0 radical (unpaired) electrons. The van der Waals surface area contributed by atoms with Crippen LogP contribution in [-0.2, 0) is 0 Å². The number of carbonyl (C=O) groups excluding carboxylic acids is 1. The van der Waals surface area contributed by atoms with Gasteiger partial charge < -0.3 is 0 Å². The summed E-state index contributed by atoms with van der Waals surface area (Å²) in [5, 5.41) is 6.73. The van der Waals surface area contributed by atoms with Crippen molar-refractivity contribution in [2.75, 3.05) is 0 Å². The summed E-state index contributed by atoms with van der Waals surface area (Å²) in [6.07, 6.45) is 1.54. The van der Waals surface area contributed by atoms with E-state index in [0.717, 1.165) is 16.3 Å². The van der Waals surface area contributed by atoms with Crippen LogP contribution in [-0.4, -0.2) is 17.1 Å². The lowest BCUT2D eigenvalue weighted by Gasteiger charge is -1.99. The highest BCUT2D eigenvalue weighted by atomic mass is 32.1. The van der Waals surface area contributed by atoms with E-state index < -0.39 is 0 Å². The van der Waals surface area contributed by atoms with Crippen molar-refractivity contribution in [1.82, 2.24) is 10.4 Å². The number of nitrogens with one attached hydrogen (secondary N) is 1.